The number of hydrogen-bond donors (Lipinski definition) is 0. The van der Waals surface area contributed by atoms with Crippen LogP contribution in [0.15, 0.2) is 24.3 Å². The van der Waals surface area contributed by atoms with Crippen molar-refractivity contribution >= 4 is 23.9 Å². The van der Waals surface area contributed by atoms with Crippen LogP contribution in [-0.2, 0) is 38.1 Å². The van der Waals surface area contributed by atoms with Crippen LogP contribution in [0.25, 0.3) is 0 Å². The highest BCUT2D eigenvalue weighted by atomic mass is 16.6. The number of hydrogen-bond acceptors (Lipinski definition) is 8. The van der Waals surface area contributed by atoms with Gasteiger partial charge in [-0.05, 0) is 40.5 Å². The lowest BCUT2D eigenvalue weighted by atomic mass is 10.4. The Kier molecular flexibility index (Phi) is 19.4. The molecule has 0 fully saturated rings. The summed E-state index contributed by atoms with van der Waals surface area (Å²) >= 11 is 0. The van der Waals surface area contributed by atoms with E-state index in [2.05, 4.69) is 0 Å². The molecule has 0 aromatic carbocycles. The summed E-state index contributed by atoms with van der Waals surface area (Å²) in [5.41, 5.74) is 0. The first-order chi connectivity index (χ1) is 14.1. The third-order valence-corrected chi connectivity index (χ3v) is 2.90. The van der Waals surface area contributed by atoms with E-state index in [1.807, 2.05) is 13.8 Å². The lowest BCUT2D eigenvalue weighted by molar-refractivity contribution is -0.144. The van der Waals surface area contributed by atoms with Crippen LogP contribution in [0.2, 0.25) is 0 Å². The molecule has 0 aliphatic rings. The second kappa shape index (κ2) is 19.7. The highest BCUT2D eigenvalue weighted by Crippen LogP contribution is 1.94. The molecule has 0 rings (SSSR count). The third kappa shape index (κ3) is 23.4. The van der Waals surface area contributed by atoms with E-state index < -0.39 is 23.9 Å². The molecule has 0 N–H and O–H groups in total. The fourth-order valence-corrected chi connectivity index (χ4v) is 1.55. The fourth-order valence-electron chi connectivity index (χ4n) is 1.55. The molecule has 0 aromatic heterocycles. The Morgan fingerprint density at radius 1 is 0.600 bits per heavy atom. The molecule has 8 heteroatoms. The molecule has 0 unspecified atom stereocenters. The molecule has 0 aliphatic carbocycles. The molecule has 8 nitrogen and oxygen atoms in total. The van der Waals surface area contributed by atoms with Gasteiger partial charge in [-0.1, -0.05) is 26.7 Å². The highest BCUT2D eigenvalue weighted by Gasteiger charge is 2.04. The van der Waals surface area contributed by atoms with Crippen LogP contribution in [-0.4, -0.2) is 49.3 Å². The van der Waals surface area contributed by atoms with E-state index in [4.69, 9.17) is 18.9 Å². The zero-order valence-corrected chi connectivity index (χ0v) is 19.0. The number of esters is 4. The lowest BCUT2D eigenvalue weighted by Crippen LogP contribution is -2.11. The van der Waals surface area contributed by atoms with Gasteiger partial charge in [0, 0.05) is 24.3 Å². The summed E-state index contributed by atoms with van der Waals surface area (Å²) in [5, 5.41) is 0. The van der Waals surface area contributed by atoms with Crippen molar-refractivity contribution in [1.82, 2.24) is 0 Å². The number of unbranched alkanes of at least 4 members (excludes halogenated alkanes) is 2. The van der Waals surface area contributed by atoms with E-state index in [9.17, 15) is 19.2 Å². The van der Waals surface area contributed by atoms with E-state index in [0.717, 1.165) is 50.0 Å². The van der Waals surface area contributed by atoms with Crippen LogP contribution in [0, 0.1) is 0 Å². The van der Waals surface area contributed by atoms with Crippen LogP contribution >= 0.6 is 0 Å². The smallest absolute Gasteiger partial charge is 0.331 e. The largest absolute Gasteiger partial charge is 0.463 e. The maximum Gasteiger partial charge on any atom is 0.331 e. The minimum atomic E-state index is -0.541. The van der Waals surface area contributed by atoms with Gasteiger partial charge in [0.2, 0.25) is 0 Å². The van der Waals surface area contributed by atoms with Crippen molar-refractivity contribution in [1.29, 1.82) is 0 Å². The summed E-state index contributed by atoms with van der Waals surface area (Å²) in [6, 6.07) is 0. The summed E-state index contributed by atoms with van der Waals surface area (Å²) in [6.07, 6.45) is 7.55. The summed E-state index contributed by atoms with van der Waals surface area (Å²) < 4.78 is 19.2. The summed E-state index contributed by atoms with van der Waals surface area (Å²) in [4.78, 5) is 43.9. The van der Waals surface area contributed by atoms with Crippen LogP contribution in [0.1, 0.15) is 67.2 Å². The van der Waals surface area contributed by atoms with Crippen molar-refractivity contribution in [3.05, 3.63) is 24.3 Å². The van der Waals surface area contributed by atoms with Crippen molar-refractivity contribution in [2.24, 2.45) is 0 Å². The molecule has 0 amide bonds. The number of carbonyl (C=O) groups excluding carboxylic acids is 4. The van der Waals surface area contributed by atoms with Crippen LogP contribution in [0.3, 0.4) is 0 Å². The van der Waals surface area contributed by atoms with Gasteiger partial charge in [0.05, 0.1) is 25.4 Å². The Hall–Kier alpha value is -2.64. The maximum atomic E-state index is 11.0. The minimum absolute atomic E-state index is 0.187. The van der Waals surface area contributed by atoms with E-state index in [1.54, 1.807) is 27.7 Å². The lowest BCUT2D eigenvalue weighted by Gasteiger charge is -2.05. The molecular formula is C22H36O8. The minimum Gasteiger partial charge on any atom is -0.463 e. The van der Waals surface area contributed by atoms with E-state index >= 15 is 0 Å². The average molecular weight is 429 g/mol. The second-order valence-corrected chi connectivity index (χ2v) is 6.68. The van der Waals surface area contributed by atoms with Crippen molar-refractivity contribution in [3.63, 3.8) is 0 Å². The van der Waals surface area contributed by atoms with Gasteiger partial charge < -0.3 is 18.9 Å². The molecule has 0 aromatic rings. The van der Waals surface area contributed by atoms with E-state index in [-0.39, 0.29) is 12.2 Å². The first-order valence-electron chi connectivity index (χ1n) is 10.2. The zero-order chi connectivity index (χ0) is 23.4. The number of ether oxygens (including phenoxy) is 4. The van der Waals surface area contributed by atoms with Gasteiger partial charge in [-0.3, -0.25) is 0 Å². The summed E-state index contributed by atoms with van der Waals surface area (Å²) in [7, 11) is 0. The van der Waals surface area contributed by atoms with E-state index in [1.165, 1.54) is 0 Å². The molecular weight excluding hydrogens is 392 g/mol. The van der Waals surface area contributed by atoms with Crippen LogP contribution in [0.4, 0.5) is 0 Å². The molecule has 0 radical (unpaired) electrons. The van der Waals surface area contributed by atoms with Crippen molar-refractivity contribution in [2.75, 3.05) is 13.2 Å². The summed E-state index contributed by atoms with van der Waals surface area (Å²) in [6.45, 7) is 11.7. The SMILES string of the molecule is CC(C)OC(=O)/C=C/C(=O)OC(C)C.CCCCOC(=O)/C=C/C(=O)OCCCC. The zero-order valence-electron chi connectivity index (χ0n) is 19.0. The Labute approximate surface area is 179 Å². The molecule has 0 saturated heterocycles. The predicted molar refractivity (Wildman–Crippen MR) is 112 cm³/mol. The van der Waals surface area contributed by atoms with Gasteiger partial charge in [-0.15, -0.1) is 0 Å². The highest BCUT2D eigenvalue weighted by molar-refractivity contribution is 5.92. The monoisotopic (exact) mass is 428 g/mol. The molecule has 0 saturated carbocycles. The Morgan fingerprint density at radius 2 is 0.900 bits per heavy atom. The summed E-state index contributed by atoms with van der Waals surface area (Å²) in [5.74, 6) is -2.08. The van der Waals surface area contributed by atoms with E-state index in [0.29, 0.717) is 13.2 Å². The Balaban J connectivity index is 0. The number of rotatable bonds is 12. The maximum absolute atomic E-state index is 11.0. The Bertz CT molecular complexity index is 513. The topological polar surface area (TPSA) is 105 Å². The molecule has 0 heterocycles. The fraction of sp³-hybridized carbons (Fsp3) is 0.636. The third-order valence-electron chi connectivity index (χ3n) is 2.90. The van der Waals surface area contributed by atoms with Gasteiger partial charge in [0.15, 0.2) is 0 Å². The predicted octanol–water partition coefficient (Wildman–Crippen LogP) is 3.68. The number of carbonyl (C=O) groups is 4. The van der Waals surface area contributed by atoms with Gasteiger partial charge in [0.25, 0.3) is 0 Å². The molecule has 0 bridgehead atoms. The average Bonchev–Trinajstić information content (AvgIpc) is 2.65. The first kappa shape index (κ1) is 29.6. The van der Waals surface area contributed by atoms with Crippen molar-refractivity contribution in [2.45, 2.75) is 79.4 Å². The van der Waals surface area contributed by atoms with Gasteiger partial charge >= 0.3 is 23.9 Å². The van der Waals surface area contributed by atoms with Gasteiger partial charge in [-0.25, -0.2) is 19.2 Å². The van der Waals surface area contributed by atoms with Crippen LogP contribution in [0.5, 0.6) is 0 Å². The quantitative estimate of drug-likeness (QED) is 0.201. The standard InChI is InChI=1S/C12H20O4.C10H16O4/c1-3-5-9-15-11(13)7-8-12(14)16-10-6-4-2;1-7(2)13-9(11)5-6-10(12)14-8(3)4/h7-8H,3-6,9-10H2,1-2H3;5-8H,1-4H3/b8-7+;6-5+. The van der Waals surface area contributed by atoms with Gasteiger partial charge in [-0.2, -0.15) is 0 Å². The van der Waals surface area contributed by atoms with Crippen molar-refractivity contribution < 1.29 is 38.1 Å². The molecule has 172 valence electrons. The van der Waals surface area contributed by atoms with Gasteiger partial charge in [0.1, 0.15) is 0 Å². The molecule has 0 aliphatic heterocycles. The normalized spacial score (nSPS) is 10.7. The second-order valence-electron chi connectivity index (χ2n) is 6.68. The van der Waals surface area contributed by atoms with Crippen molar-refractivity contribution in [3.8, 4) is 0 Å². The first-order valence-corrected chi connectivity index (χ1v) is 10.2. The Morgan fingerprint density at radius 3 is 1.17 bits per heavy atom. The molecule has 30 heavy (non-hydrogen) atoms. The van der Waals surface area contributed by atoms with Crippen LogP contribution < -0.4 is 0 Å². The molecule has 0 spiro atoms. The molecule has 0 atom stereocenters.